The standard InChI is InChI=1S/C28H37N3O3S/c1-16(2)15-34-25(32)23-17(3)31(4)27(35)30-24(23)21-5-7-22(8-6-21)29-26(33)28-12-18-9-19(13-28)11-20(10-18)14-28/h5-8,16,18-20,24H,9-15H2,1-4H3,(H,29,33)(H,30,35). The number of benzene rings is 1. The number of carbonyl (C=O) groups excluding carboxylic acids is 2. The Morgan fingerprint density at radius 2 is 1.69 bits per heavy atom. The number of nitrogens with zero attached hydrogens (tertiary/aromatic N) is 1. The number of nitrogens with one attached hydrogen (secondary N) is 2. The molecular formula is C28H37N3O3S. The maximum atomic E-state index is 13.4. The molecule has 7 heteroatoms. The maximum absolute atomic E-state index is 13.4. The van der Waals surface area contributed by atoms with E-state index < -0.39 is 6.04 Å². The number of amides is 1. The van der Waals surface area contributed by atoms with Gasteiger partial charge in [0.1, 0.15) is 0 Å². The fraction of sp³-hybridized carbons (Fsp3) is 0.607. The molecule has 1 heterocycles. The molecule has 4 aliphatic carbocycles. The third kappa shape index (κ3) is 4.59. The first-order chi connectivity index (χ1) is 16.6. The molecule has 188 valence electrons. The Kier molecular flexibility index (Phi) is 6.41. The summed E-state index contributed by atoms with van der Waals surface area (Å²) in [6, 6.07) is 7.39. The lowest BCUT2D eigenvalue weighted by molar-refractivity contribution is -0.141. The molecule has 1 amide bonds. The quantitative estimate of drug-likeness (QED) is 0.419. The lowest BCUT2D eigenvalue weighted by atomic mass is 9.49. The number of ether oxygens (including phenoxy) is 1. The minimum Gasteiger partial charge on any atom is -0.462 e. The van der Waals surface area contributed by atoms with Gasteiger partial charge in [-0.3, -0.25) is 4.79 Å². The van der Waals surface area contributed by atoms with Gasteiger partial charge >= 0.3 is 5.97 Å². The summed E-state index contributed by atoms with van der Waals surface area (Å²) in [4.78, 5) is 28.3. The zero-order valence-corrected chi connectivity index (χ0v) is 22.0. The average molecular weight is 496 g/mol. The first-order valence-corrected chi connectivity index (χ1v) is 13.4. The summed E-state index contributed by atoms with van der Waals surface area (Å²) < 4.78 is 5.58. The Labute approximate surface area is 213 Å². The Bertz CT molecular complexity index is 1030. The molecule has 5 aliphatic rings. The highest BCUT2D eigenvalue weighted by Gasteiger charge is 2.54. The van der Waals surface area contributed by atoms with Gasteiger partial charge in [-0.25, -0.2) is 4.79 Å². The zero-order chi connectivity index (χ0) is 24.9. The second kappa shape index (κ2) is 9.23. The molecule has 1 aromatic rings. The number of carbonyl (C=O) groups is 2. The highest BCUT2D eigenvalue weighted by atomic mass is 32.1. The van der Waals surface area contributed by atoms with Gasteiger partial charge in [0.05, 0.1) is 23.6 Å². The van der Waals surface area contributed by atoms with Crippen molar-refractivity contribution in [2.24, 2.45) is 29.1 Å². The van der Waals surface area contributed by atoms with Crippen LogP contribution in [0.4, 0.5) is 5.69 Å². The molecule has 6 nitrogen and oxygen atoms in total. The van der Waals surface area contributed by atoms with E-state index in [2.05, 4.69) is 10.6 Å². The van der Waals surface area contributed by atoms with Crippen LogP contribution in [0, 0.1) is 29.1 Å². The maximum Gasteiger partial charge on any atom is 0.338 e. The topological polar surface area (TPSA) is 70.7 Å². The molecular weight excluding hydrogens is 458 g/mol. The largest absolute Gasteiger partial charge is 0.462 e. The van der Waals surface area contributed by atoms with E-state index in [0.717, 1.165) is 54.0 Å². The fourth-order valence-electron chi connectivity index (χ4n) is 7.08. The van der Waals surface area contributed by atoms with E-state index in [1.54, 1.807) is 4.90 Å². The van der Waals surface area contributed by atoms with E-state index in [-0.39, 0.29) is 23.2 Å². The van der Waals surface area contributed by atoms with E-state index in [0.29, 0.717) is 17.3 Å². The number of anilines is 1. The number of hydrogen-bond acceptors (Lipinski definition) is 4. The van der Waals surface area contributed by atoms with Crippen molar-refractivity contribution in [1.29, 1.82) is 0 Å². The van der Waals surface area contributed by atoms with Crippen molar-refractivity contribution in [2.45, 2.75) is 65.3 Å². The number of rotatable bonds is 6. The first-order valence-electron chi connectivity index (χ1n) is 13.0. The van der Waals surface area contributed by atoms with Gasteiger partial charge in [-0.2, -0.15) is 0 Å². The van der Waals surface area contributed by atoms with Crippen LogP contribution >= 0.6 is 12.2 Å². The van der Waals surface area contributed by atoms with Crippen molar-refractivity contribution in [2.75, 3.05) is 19.0 Å². The van der Waals surface area contributed by atoms with Crippen molar-refractivity contribution in [1.82, 2.24) is 10.2 Å². The van der Waals surface area contributed by atoms with Gasteiger partial charge in [0.2, 0.25) is 5.91 Å². The minimum atomic E-state index is -0.397. The van der Waals surface area contributed by atoms with Crippen LogP contribution in [0.5, 0.6) is 0 Å². The number of allylic oxidation sites excluding steroid dienone is 1. The normalized spacial score (nSPS) is 31.6. The third-order valence-corrected chi connectivity index (χ3v) is 8.94. The van der Waals surface area contributed by atoms with E-state index in [4.69, 9.17) is 17.0 Å². The second-order valence-corrected chi connectivity index (χ2v) is 12.1. The molecule has 2 N–H and O–H groups in total. The summed E-state index contributed by atoms with van der Waals surface area (Å²) in [5, 5.41) is 7.08. The van der Waals surface area contributed by atoms with E-state index >= 15 is 0 Å². The monoisotopic (exact) mass is 495 g/mol. The van der Waals surface area contributed by atoms with Crippen molar-refractivity contribution in [3.8, 4) is 0 Å². The zero-order valence-electron chi connectivity index (χ0n) is 21.2. The predicted molar refractivity (Wildman–Crippen MR) is 140 cm³/mol. The Hall–Kier alpha value is -2.41. The molecule has 1 unspecified atom stereocenters. The predicted octanol–water partition coefficient (Wildman–Crippen LogP) is 5.18. The Balaban J connectivity index is 1.33. The van der Waals surface area contributed by atoms with E-state index in [9.17, 15) is 9.59 Å². The summed E-state index contributed by atoms with van der Waals surface area (Å²) >= 11 is 5.51. The van der Waals surface area contributed by atoms with Crippen molar-refractivity contribution in [3.05, 3.63) is 41.1 Å². The molecule has 0 radical (unpaired) electrons. The molecule has 0 saturated heterocycles. The molecule has 6 rings (SSSR count). The van der Waals surface area contributed by atoms with Crippen molar-refractivity contribution in [3.63, 3.8) is 0 Å². The van der Waals surface area contributed by atoms with Gasteiger partial charge in [-0.05, 0) is 99.0 Å². The van der Waals surface area contributed by atoms with Gasteiger partial charge in [0, 0.05) is 18.4 Å². The second-order valence-electron chi connectivity index (χ2n) is 11.7. The lowest BCUT2D eigenvalue weighted by Gasteiger charge is -2.55. The van der Waals surface area contributed by atoms with Crippen LogP contribution in [0.1, 0.15) is 70.9 Å². The van der Waals surface area contributed by atoms with Gasteiger partial charge in [-0.1, -0.05) is 26.0 Å². The van der Waals surface area contributed by atoms with Crippen LogP contribution in [0.15, 0.2) is 35.5 Å². The van der Waals surface area contributed by atoms with Crippen LogP contribution in [-0.2, 0) is 14.3 Å². The molecule has 0 spiro atoms. The summed E-state index contributed by atoms with van der Waals surface area (Å²) in [6.07, 6.45) is 7.11. The van der Waals surface area contributed by atoms with Crippen molar-refractivity contribution < 1.29 is 14.3 Å². The summed E-state index contributed by atoms with van der Waals surface area (Å²) in [6.45, 7) is 6.30. The smallest absolute Gasteiger partial charge is 0.338 e. The van der Waals surface area contributed by atoms with E-state index in [1.807, 2.05) is 52.1 Å². The van der Waals surface area contributed by atoms with Crippen LogP contribution in [0.3, 0.4) is 0 Å². The molecule has 1 aliphatic heterocycles. The number of thiocarbonyl (C=S) groups is 1. The molecule has 4 fully saturated rings. The summed E-state index contributed by atoms with van der Waals surface area (Å²) in [5.74, 6) is 2.32. The highest BCUT2D eigenvalue weighted by molar-refractivity contribution is 7.80. The van der Waals surface area contributed by atoms with Gasteiger partial charge in [0.25, 0.3) is 0 Å². The average Bonchev–Trinajstić information content (AvgIpc) is 2.80. The molecule has 4 bridgehead atoms. The number of esters is 1. The molecule has 1 aromatic carbocycles. The van der Waals surface area contributed by atoms with Crippen LogP contribution in [0.2, 0.25) is 0 Å². The molecule has 0 aromatic heterocycles. The van der Waals surface area contributed by atoms with Crippen LogP contribution in [0.25, 0.3) is 0 Å². The minimum absolute atomic E-state index is 0.178. The Morgan fingerprint density at radius 3 is 2.23 bits per heavy atom. The molecule has 35 heavy (non-hydrogen) atoms. The summed E-state index contributed by atoms with van der Waals surface area (Å²) in [7, 11) is 1.85. The SMILES string of the molecule is CC1=C(C(=O)OCC(C)C)C(c2ccc(NC(=O)C34CC5CC(CC(C5)C3)C4)cc2)NC(=S)N1C. The van der Waals surface area contributed by atoms with Gasteiger partial charge in [0.15, 0.2) is 5.11 Å². The van der Waals surface area contributed by atoms with E-state index in [1.165, 1.54) is 19.3 Å². The van der Waals surface area contributed by atoms with Crippen molar-refractivity contribution >= 4 is 34.9 Å². The lowest BCUT2D eigenvalue weighted by Crippen LogP contribution is -2.51. The summed E-state index contributed by atoms with van der Waals surface area (Å²) in [5.41, 5.74) is 2.88. The van der Waals surface area contributed by atoms with Gasteiger partial charge < -0.3 is 20.3 Å². The fourth-order valence-corrected chi connectivity index (χ4v) is 7.34. The highest BCUT2D eigenvalue weighted by Crippen LogP contribution is 2.60. The third-order valence-electron chi connectivity index (χ3n) is 8.54. The molecule has 4 saturated carbocycles. The van der Waals surface area contributed by atoms with Gasteiger partial charge in [-0.15, -0.1) is 0 Å². The molecule has 1 atom stereocenters. The Morgan fingerprint density at radius 1 is 1.11 bits per heavy atom. The van der Waals surface area contributed by atoms with Crippen LogP contribution < -0.4 is 10.6 Å². The number of hydrogen-bond donors (Lipinski definition) is 2. The van der Waals surface area contributed by atoms with Crippen LogP contribution in [-0.4, -0.2) is 35.5 Å². The first kappa shape index (κ1) is 24.3.